The zero-order valence-corrected chi connectivity index (χ0v) is 19.3. The van der Waals surface area contributed by atoms with Crippen LogP contribution in [-0.4, -0.2) is 46.0 Å². The number of anilines is 2. The van der Waals surface area contributed by atoms with E-state index < -0.39 is 29.6 Å². The molecule has 1 aliphatic rings. The number of piperidine rings is 1. The number of halogens is 2. The molecule has 1 atom stereocenters. The van der Waals surface area contributed by atoms with Gasteiger partial charge < -0.3 is 15.5 Å². The summed E-state index contributed by atoms with van der Waals surface area (Å²) in [5.41, 5.74) is -0.511. The lowest BCUT2D eigenvalue weighted by molar-refractivity contribution is -0.125. The first-order chi connectivity index (χ1) is 16.4. The lowest BCUT2D eigenvalue weighted by Crippen LogP contribution is -2.43. The maximum absolute atomic E-state index is 13.8. The third kappa shape index (κ3) is 5.22. The van der Waals surface area contributed by atoms with Gasteiger partial charge in [0.15, 0.2) is 10.8 Å². The summed E-state index contributed by atoms with van der Waals surface area (Å²) in [4.78, 5) is 48.2. The van der Waals surface area contributed by atoms with Crippen LogP contribution in [0.15, 0.2) is 29.3 Å². The van der Waals surface area contributed by atoms with E-state index in [-0.39, 0.29) is 27.9 Å². The topological polar surface area (TPSA) is 109 Å². The van der Waals surface area contributed by atoms with Crippen molar-refractivity contribution in [1.82, 2.24) is 19.9 Å². The first-order valence-corrected chi connectivity index (χ1v) is 11.8. The summed E-state index contributed by atoms with van der Waals surface area (Å²) in [7, 11) is 0. The van der Waals surface area contributed by atoms with Crippen molar-refractivity contribution >= 4 is 44.3 Å². The normalized spacial score (nSPS) is 16.0. The standard InChI is InChI=1S/C22H24F2N6O3S/c1-2-7-25-20(32)13-4-3-8-29(10-13)22-28-19-18(34-22)21(33)30(12-26-19)11-17(31)27-16-9-14(23)5-6-15(16)24/h5-6,9,12-13H,2-4,7-8,10-11H2,1H3,(H,25,32)(H,27,31)/t13-/m1/s1. The lowest BCUT2D eigenvalue weighted by atomic mass is 9.97. The quantitative estimate of drug-likeness (QED) is 0.527. The third-order valence-corrected chi connectivity index (χ3v) is 6.59. The maximum atomic E-state index is 13.8. The number of rotatable bonds is 7. The second kappa shape index (κ2) is 10.2. The van der Waals surface area contributed by atoms with Gasteiger partial charge in [0.05, 0.1) is 11.6 Å². The molecular weight excluding hydrogens is 466 g/mol. The molecule has 2 N–H and O–H groups in total. The highest BCUT2D eigenvalue weighted by Crippen LogP contribution is 2.29. The fraction of sp³-hybridized carbons (Fsp3) is 0.409. The molecule has 2 amide bonds. The molecule has 4 rings (SSSR count). The second-order valence-corrected chi connectivity index (χ2v) is 9.05. The van der Waals surface area contributed by atoms with E-state index in [1.54, 1.807) is 0 Å². The van der Waals surface area contributed by atoms with Crippen LogP contribution in [0.25, 0.3) is 10.3 Å². The molecule has 12 heteroatoms. The van der Waals surface area contributed by atoms with Gasteiger partial charge in [0.25, 0.3) is 5.56 Å². The number of hydrogen-bond donors (Lipinski definition) is 2. The minimum absolute atomic E-state index is 0.0221. The Kier molecular flexibility index (Phi) is 7.15. The van der Waals surface area contributed by atoms with Gasteiger partial charge in [-0.25, -0.2) is 13.8 Å². The molecule has 1 fully saturated rings. The van der Waals surface area contributed by atoms with Crippen molar-refractivity contribution in [2.75, 3.05) is 29.9 Å². The number of aromatic nitrogens is 3. The van der Waals surface area contributed by atoms with Crippen LogP contribution in [0.1, 0.15) is 26.2 Å². The molecule has 0 aliphatic carbocycles. The maximum Gasteiger partial charge on any atom is 0.273 e. The van der Waals surface area contributed by atoms with Crippen LogP contribution < -0.4 is 21.1 Å². The summed E-state index contributed by atoms with van der Waals surface area (Å²) in [6, 6.07) is 2.71. The molecule has 1 aliphatic heterocycles. The summed E-state index contributed by atoms with van der Waals surface area (Å²) in [5, 5.41) is 5.78. The van der Waals surface area contributed by atoms with Crippen molar-refractivity contribution in [2.24, 2.45) is 5.92 Å². The highest BCUT2D eigenvalue weighted by atomic mass is 32.1. The van der Waals surface area contributed by atoms with Gasteiger partial charge >= 0.3 is 0 Å². The largest absolute Gasteiger partial charge is 0.356 e. The smallest absolute Gasteiger partial charge is 0.273 e. The Morgan fingerprint density at radius 3 is 2.91 bits per heavy atom. The number of benzene rings is 1. The van der Waals surface area contributed by atoms with Crippen molar-refractivity contribution in [3.05, 3.63) is 46.5 Å². The number of thiazole rings is 1. The fourth-order valence-electron chi connectivity index (χ4n) is 3.78. The molecule has 0 unspecified atom stereocenters. The van der Waals surface area contributed by atoms with Crippen molar-refractivity contribution in [1.29, 1.82) is 0 Å². The second-order valence-electron chi connectivity index (χ2n) is 8.08. The number of carbonyl (C=O) groups excluding carboxylic acids is 2. The van der Waals surface area contributed by atoms with Crippen LogP contribution in [0.4, 0.5) is 19.6 Å². The summed E-state index contributed by atoms with van der Waals surface area (Å²) in [6.45, 7) is 3.43. The molecular formula is C22H24F2N6O3S. The Balaban J connectivity index is 1.49. The van der Waals surface area contributed by atoms with Crippen molar-refractivity contribution in [3.63, 3.8) is 0 Å². The van der Waals surface area contributed by atoms with Crippen molar-refractivity contribution < 1.29 is 18.4 Å². The highest BCUT2D eigenvalue weighted by molar-refractivity contribution is 7.22. The molecule has 3 aromatic rings. The molecule has 2 aromatic heterocycles. The van der Waals surface area contributed by atoms with E-state index in [1.807, 2.05) is 11.8 Å². The van der Waals surface area contributed by atoms with E-state index in [0.717, 1.165) is 53.4 Å². The van der Waals surface area contributed by atoms with Crippen molar-refractivity contribution in [2.45, 2.75) is 32.7 Å². The minimum Gasteiger partial charge on any atom is -0.356 e. The average Bonchev–Trinajstić information content (AvgIpc) is 3.27. The average molecular weight is 491 g/mol. The van der Waals surface area contributed by atoms with Gasteiger partial charge in [-0.1, -0.05) is 18.3 Å². The molecule has 1 aromatic carbocycles. The molecule has 0 saturated carbocycles. The van der Waals surface area contributed by atoms with Gasteiger partial charge in [-0.2, -0.15) is 4.98 Å². The number of carbonyl (C=O) groups is 2. The number of fused-ring (bicyclic) bond motifs is 1. The first-order valence-electron chi connectivity index (χ1n) is 11.0. The van der Waals surface area contributed by atoms with Gasteiger partial charge in [-0.15, -0.1) is 0 Å². The van der Waals surface area contributed by atoms with E-state index in [2.05, 4.69) is 20.6 Å². The number of nitrogens with one attached hydrogen (secondary N) is 2. The molecule has 0 radical (unpaired) electrons. The molecule has 0 bridgehead atoms. The molecule has 1 saturated heterocycles. The van der Waals surface area contributed by atoms with Crippen LogP contribution in [0.3, 0.4) is 0 Å². The number of nitrogens with zero attached hydrogens (tertiary/aromatic N) is 4. The van der Waals surface area contributed by atoms with Gasteiger partial charge in [-0.05, 0) is 31.4 Å². The van der Waals surface area contributed by atoms with Crippen LogP contribution in [0.2, 0.25) is 0 Å². The Bertz CT molecular complexity index is 1280. The molecule has 3 heterocycles. The summed E-state index contributed by atoms with van der Waals surface area (Å²) < 4.78 is 28.5. The summed E-state index contributed by atoms with van der Waals surface area (Å²) >= 11 is 1.16. The van der Waals surface area contributed by atoms with E-state index in [0.29, 0.717) is 24.8 Å². The SMILES string of the molecule is CCCNC(=O)[C@@H]1CCCN(c2nc3ncn(CC(=O)Nc4cc(F)ccc4F)c(=O)c3s2)C1. The number of amides is 2. The Morgan fingerprint density at radius 1 is 1.29 bits per heavy atom. The monoisotopic (exact) mass is 490 g/mol. The Morgan fingerprint density at radius 2 is 2.12 bits per heavy atom. The molecule has 9 nitrogen and oxygen atoms in total. The van der Waals surface area contributed by atoms with Crippen molar-refractivity contribution in [3.8, 4) is 0 Å². The number of hydrogen-bond acceptors (Lipinski definition) is 7. The van der Waals surface area contributed by atoms with E-state index in [1.165, 1.54) is 6.33 Å². The third-order valence-electron chi connectivity index (χ3n) is 5.50. The zero-order chi connectivity index (χ0) is 24.2. The van der Waals surface area contributed by atoms with Gasteiger partial charge in [0.1, 0.15) is 29.2 Å². The summed E-state index contributed by atoms with van der Waals surface area (Å²) in [5.74, 6) is -2.31. The molecule has 34 heavy (non-hydrogen) atoms. The highest BCUT2D eigenvalue weighted by Gasteiger charge is 2.28. The Hall–Kier alpha value is -3.41. The van der Waals surface area contributed by atoms with Gasteiger partial charge in [0, 0.05) is 25.7 Å². The van der Waals surface area contributed by atoms with Crippen LogP contribution in [0, 0.1) is 17.6 Å². The molecule has 180 valence electrons. The fourth-order valence-corrected chi connectivity index (χ4v) is 4.78. The van der Waals surface area contributed by atoms with Crippen LogP contribution in [0.5, 0.6) is 0 Å². The first kappa shape index (κ1) is 23.7. The van der Waals surface area contributed by atoms with Crippen LogP contribution in [-0.2, 0) is 16.1 Å². The van der Waals surface area contributed by atoms with E-state index in [4.69, 9.17) is 0 Å². The van der Waals surface area contributed by atoms with Gasteiger partial charge in [0.2, 0.25) is 11.8 Å². The predicted molar refractivity (Wildman–Crippen MR) is 125 cm³/mol. The minimum atomic E-state index is -0.786. The summed E-state index contributed by atoms with van der Waals surface area (Å²) in [6.07, 6.45) is 3.69. The molecule has 0 spiro atoms. The van der Waals surface area contributed by atoms with Crippen LogP contribution >= 0.6 is 11.3 Å². The lowest BCUT2D eigenvalue weighted by Gasteiger charge is -2.31. The van der Waals surface area contributed by atoms with E-state index >= 15 is 0 Å². The predicted octanol–water partition coefficient (Wildman–Crippen LogP) is 2.51. The van der Waals surface area contributed by atoms with E-state index in [9.17, 15) is 23.2 Å². The Labute approximate surface area is 197 Å². The van der Waals surface area contributed by atoms with Gasteiger partial charge in [-0.3, -0.25) is 19.0 Å². The zero-order valence-electron chi connectivity index (χ0n) is 18.5.